The lowest BCUT2D eigenvalue weighted by Gasteiger charge is -2.17. The van der Waals surface area contributed by atoms with Crippen molar-refractivity contribution in [3.05, 3.63) is 130 Å². The molecule has 0 bridgehead atoms. The van der Waals surface area contributed by atoms with Gasteiger partial charge in [0.05, 0.1) is 24.2 Å². The van der Waals surface area contributed by atoms with Gasteiger partial charge in [-0.25, -0.2) is 9.37 Å². The Morgan fingerprint density at radius 2 is 1.69 bits per heavy atom. The van der Waals surface area contributed by atoms with E-state index in [-0.39, 0.29) is 17.3 Å². The smallest absolute Gasteiger partial charge is 0.282 e. The summed E-state index contributed by atoms with van der Waals surface area (Å²) >= 11 is 0. The highest BCUT2D eigenvalue weighted by molar-refractivity contribution is 5.99. The number of halogens is 1. The van der Waals surface area contributed by atoms with Crippen LogP contribution in [0.4, 0.5) is 4.39 Å². The first-order chi connectivity index (χ1) is 20.3. The molecule has 0 spiro atoms. The van der Waals surface area contributed by atoms with Crippen LogP contribution in [0, 0.1) is 12.7 Å². The summed E-state index contributed by atoms with van der Waals surface area (Å²) in [4.78, 5) is 18.8. The number of aryl methyl sites for hydroxylation is 1. The number of fused-ring (bicyclic) bond motifs is 2. The maximum atomic E-state index is 13.9. The molecular formula is C35H31FN4O2. The van der Waals surface area contributed by atoms with Crippen molar-refractivity contribution < 1.29 is 9.13 Å². The van der Waals surface area contributed by atoms with Gasteiger partial charge in [-0.15, -0.1) is 0 Å². The summed E-state index contributed by atoms with van der Waals surface area (Å²) in [6.07, 6.45) is 3.72. The van der Waals surface area contributed by atoms with Crippen molar-refractivity contribution >= 4 is 28.0 Å². The molecule has 6 nitrogen and oxygen atoms in total. The fourth-order valence-corrected chi connectivity index (χ4v) is 5.39. The lowest BCUT2D eigenvalue weighted by molar-refractivity contribution is 0.407. The Morgan fingerprint density at radius 3 is 2.43 bits per heavy atom. The molecule has 7 heteroatoms. The van der Waals surface area contributed by atoms with E-state index in [0.717, 1.165) is 44.5 Å². The van der Waals surface area contributed by atoms with Gasteiger partial charge >= 0.3 is 0 Å². The molecule has 42 heavy (non-hydrogen) atoms. The average molecular weight is 559 g/mol. The zero-order valence-corrected chi connectivity index (χ0v) is 24.0. The molecule has 0 radical (unpaired) electrons. The molecule has 6 aromatic rings. The molecule has 6 rings (SSSR count). The highest BCUT2D eigenvalue weighted by atomic mass is 19.1. The molecule has 0 N–H and O–H groups in total. The molecule has 0 atom stereocenters. The van der Waals surface area contributed by atoms with Gasteiger partial charge in [0.25, 0.3) is 5.56 Å². The third-order valence-corrected chi connectivity index (χ3v) is 7.59. The van der Waals surface area contributed by atoms with Crippen LogP contribution >= 0.6 is 0 Å². The van der Waals surface area contributed by atoms with Crippen LogP contribution in [0.25, 0.3) is 33.2 Å². The van der Waals surface area contributed by atoms with Crippen molar-refractivity contribution in [2.24, 2.45) is 5.10 Å². The van der Waals surface area contributed by atoms with Gasteiger partial charge < -0.3 is 9.30 Å². The van der Waals surface area contributed by atoms with Crippen molar-refractivity contribution in [1.29, 1.82) is 0 Å². The Labute approximate surface area is 243 Å². The number of ether oxygens (including phenoxy) is 1. The molecule has 0 amide bonds. The fraction of sp³-hybridized carbons (Fsp3) is 0.171. The largest absolute Gasteiger partial charge is 0.496 e. The SMILES string of the molecule is COc1cc(C)c(-c2nc3ccccc3c(=O)n2N=Cc2cn(Cc3ccc(F)cc3)c3ccccc23)cc1C(C)C. The summed E-state index contributed by atoms with van der Waals surface area (Å²) in [7, 11) is 1.67. The second kappa shape index (κ2) is 11.1. The lowest BCUT2D eigenvalue weighted by atomic mass is 9.96. The number of aromatic nitrogens is 3. The van der Waals surface area contributed by atoms with Crippen molar-refractivity contribution in [2.75, 3.05) is 7.11 Å². The molecule has 210 valence electrons. The van der Waals surface area contributed by atoms with Crippen molar-refractivity contribution in [3.63, 3.8) is 0 Å². The highest BCUT2D eigenvalue weighted by Gasteiger charge is 2.18. The Bertz CT molecular complexity index is 2020. The number of methoxy groups -OCH3 is 1. The van der Waals surface area contributed by atoms with Crippen LogP contribution in [0.3, 0.4) is 0 Å². The number of rotatable bonds is 7. The molecule has 2 aromatic heterocycles. The molecule has 4 aromatic carbocycles. The van der Waals surface area contributed by atoms with E-state index >= 15 is 0 Å². The van der Waals surface area contributed by atoms with Crippen LogP contribution in [0.15, 0.2) is 101 Å². The van der Waals surface area contributed by atoms with Gasteiger partial charge in [-0.3, -0.25) is 4.79 Å². The van der Waals surface area contributed by atoms with E-state index in [9.17, 15) is 9.18 Å². The summed E-state index contributed by atoms with van der Waals surface area (Å²) < 4.78 is 22.7. The Hall–Kier alpha value is -5.04. The third-order valence-electron chi connectivity index (χ3n) is 7.59. The highest BCUT2D eigenvalue weighted by Crippen LogP contribution is 2.34. The minimum Gasteiger partial charge on any atom is -0.496 e. The second-order valence-corrected chi connectivity index (χ2v) is 10.7. The van der Waals surface area contributed by atoms with E-state index < -0.39 is 0 Å². The monoisotopic (exact) mass is 558 g/mol. The first-order valence-electron chi connectivity index (χ1n) is 13.9. The molecular weight excluding hydrogens is 527 g/mol. The van der Waals surface area contributed by atoms with Gasteiger partial charge in [0.1, 0.15) is 11.6 Å². The minimum absolute atomic E-state index is 0.204. The molecule has 0 aliphatic carbocycles. The van der Waals surface area contributed by atoms with E-state index in [4.69, 9.17) is 14.8 Å². The number of nitrogens with zero attached hydrogens (tertiary/aromatic N) is 4. The predicted octanol–water partition coefficient (Wildman–Crippen LogP) is 7.53. The molecule has 0 saturated heterocycles. The summed E-state index contributed by atoms with van der Waals surface area (Å²) in [6.45, 7) is 6.77. The van der Waals surface area contributed by atoms with Gasteiger partial charge in [-0.05, 0) is 72.0 Å². The second-order valence-electron chi connectivity index (χ2n) is 10.7. The number of hydrogen-bond acceptors (Lipinski definition) is 4. The Morgan fingerprint density at radius 1 is 0.976 bits per heavy atom. The third kappa shape index (κ3) is 4.98. The first-order valence-corrected chi connectivity index (χ1v) is 13.9. The quantitative estimate of drug-likeness (QED) is 0.190. The summed E-state index contributed by atoms with van der Waals surface area (Å²) in [6, 6.07) is 25.9. The van der Waals surface area contributed by atoms with Crippen molar-refractivity contribution in [3.8, 4) is 17.1 Å². The molecule has 0 fully saturated rings. The Kier molecular flexibility index (Phi) is 7.17. The topological polar surface area (TPSA) is 61.4 Å². The average Bonchev–Trinajstić information content (AvgIpc) is 3.34. The van der Waals surface area contributed by atoms with Gasteiger partial charge in [0, 0.05) is 34.8 Å². The van der Waals surface area contributed by atoms with Gasteiger partial charge in [0.15, 0.2) is 5.82 Å². The fourth-order valence-electron chi connectivity index (χ4n) is 5.39. The van der Waals surface area contributed by atoms with Crippen LogP contribution in [-0.2, 0) is 6.54 Å². The minimum atomic E-state index is -0.262. The molecule has 0 aliphatic rings. The summed E-state index contributed by atoms with van der Waals surface area (Å²) in [5, 5.41) is 6.25. The standard InChI is InChI=1S/C35H31FN4O2/c1-22(2)29-18-30(23(3)17-33(29)42-4)34-38-31-11-7-5-10-28(31)35(41)40(34)37-19-25-21-39(32-12-8-6-9-27(25)32)20-24-13-15-26(36)16-14-24/h5-19,21-22H,20H2,1-4H3. The van der Waals surface area contributed by atoms with Crippen LogP contribution < -0.4 is 10.3 Å². The zero-order chi connectivity index (χ0) is 29.4. The van der Waals surface area contributed by atoms with Crippen LogP contribution in [0.1, 0.15) is 42.0 Å². The maximum absolute atomic E-state index is 13.9. The van der Waals surface area contributed by atoms with Gasteiger partial charge in [-0.1, -0.05) is 56.3 Å². The van der Waals surface area contributed by atoms with Crippen molar-refractivity contribution in [2.45, 2.75) is 33.2 Å². The Balaban J connectivity index is 1.52. The van der Waals surface area contributed by atoms with Crippen LogP contribution in [-0.4, -0.2) is 27.6 Å². The zero-order valence-electron chi connectivity index (χ0n) is 24.0. The van der Waals surface area contributed by atoms with E-state index in [1.54, 1.807) is 31.5 Å². The normalized spacial score (nSPS) is 11.8. The first kappa shape index (κ1) is 27.1. The number of hydrogen-bond donors (Lipinski definition) is 0. The van der Waals surface area contributed by atoms with Crippen LogP contribution in [0.2, 0.25) is 0 Å². The van der Waals surface area contributed by atoms with E-state index in [0.29, 0.717) is 23.3 Å². The van der Waals surface area contributed by atoms with Crippen molar-refractivity contribution in [1.82, 2.24) is 14.2 Å². The molecule has 0 unspecified atom stereocenters. The summed E-state index contributed by atoms with van der Waals surface area (Å²) in [5.41, 5.74) is 5.99. The van der Waals surface area contributed by atoms with Gasteiger partial charge in [-0.2, -0.15) is 9.78 Å². The van der Waals surface area contributed by atoms with E-state index in [1.165, 1.54) is 16.8 Å². The van der Waals surface area contributed by atoms with Crippen LogP contribution in [0.5, 0.6) is 5.75 Å². The van der Waals surface area contributed by atoms with Gasteiger partial charge in [0.2, 0.25) is 0 Å². The lowest BCUT2D eigenvalue weighted by Crippen LogP contribution is -2.20. The number of para-hydroxylation sites is 2. The maximum Gasteiger partial charge on any atom is 0.282 e. The molecule has 0 aliphatic heterocycles. The number of benzene rings is 4. The molecule has 0 saturated carbocycles. The van der Waals surface area contributed by atoms with E-state index in [2.05, 4.69) is 24.5 Å². The predicted molar refractivity (Wildman–Crippen MR) is 167 cm³/mol. The molecule has 2 heterocycles. The van der Waals surface area contributed by atoms with E-state index in [1.807, 2.05) is 61.7 Å². The summed E-state index contributed by atoms with van der Waals surface area (Å²) in [5.74, 6) is 1.21.